The summed E-state index contributed by atoms with van der Waals surface area (Å²) < 4.78 is 0. The molecule has 1 fully saturated rings. The van der Waals surface area contributed by atoms with E-state index >= 15 is 0 Å². The van der Waals surface area contributed by atoms with Crippen LogP contribution in [0.5, 0.6) is 0 Å². The molecule has 1 saturated carbocycles. The van der Waals surface area contributed by atoms with Gasteiger partial charge in [-0.15, -0.1) is 0 Å². The second kappa shape index (κ2) is 6.89. The van der Waals surface area contributed by atoms with E-state index in [-0.39, 0.29) is 11.9 Å². The Balaban J connectivity index is 2.32. The van der Waals surface area contributed by atoms with Gasteiger partial charge < -0.3 is 10.6 Å². The quantitative estimate of drug-likeness (QED) is 0.753. The van der Waals surface area contributed by atoms with Crippen molar-refractivity contribution in [1.29, 1.82) is 0 Å². The third kappa shape index (κ3) is 4.12. The summed E-state index contributed by atoms with van der Waals surface area (Å²) in [6, 6.07) is 0.483. The molecule has 0 saturated heterocycles. The molecule has 1 amide bonds. The lowest BCUT2D eigenvalue weighted by atomic mass is 9.84. The van der Waals surface area contributed by atoms with Crippen LogP contribution in [0.2, 0.25) is 0 Å². The standard InChI is InChI=1S/C13H26N2O/c1-4-11-7-6-8-12(9-11)15-10(3)13(16)14-5-2/h10-12,15H,4-9H2,1-3H3,(H,14,16). The highest BCUT2D eigenvalue weighted by Crippen LogP contribution is 2.26. The normalized spacial score (nSPS) is 27.4. The zero-order chi connectivity index (χ0) is 12.0. The molecule has 0 heterocycles. The highest BCUT2D eigenvalue weighted by molar-refractivity contribution is 5.81. The third-order valence-electron chi connectivity index (χ3n) is 3.59. The van der Waals surface area contributed by atoms with E-state index in [1.165, 1.54) is 32.1 Å². The Labute approximate surface area is 99.4 Å². The van der Waals surface area contributed by atoms with Crippen LogP contribution in [-0.4, -0.2) is 24.5 Å². The van der Waals surface area contributed by atoms with E-state index in [1.807, 2.05) is 13.8 Å². The van der Waals surface area contributed by atoms with Crippen LogP contribution in [-0.2, 0) is 4.79 Å². The molecule has 16 heavy (non-hydrogen) atoms. The molecule has 0 aromatic heterocycles. The first kappa shape index (κ1) is 13.5. The smallest absolute Gasteiger partial charge is 0.236 e. The molecular formula is C13H26N2O. The van der Waals surface area contributed by atoms with Crippen LogP contribution in [0.1, 0.15) is 52.9 Å². The zero-order valence-corrected chi connectivity index (χ0v) is 10.9. The molecule has 0 aromatic rings. The zero-order valence-electron chi connectivity index (χ0n) is 10.9. The Morgan fingerprint density at radius 1 is 1.38 bits per heavy atom. The molecule has 2 N–H and O–H groups in total. The molecule has 0 aromatic carbocycles. The minimum Gasteiger partial charge on any atom is -0.355 e. The van der Waals surface area contributed by atoms with E-state index in [1.54, 1.807) is 0 Å². The van der Waals surface area contributed by atoms with Gasteiger partial charge in [-0.1, -0.05) is 26.2 Å². The molecule has 0 bridgehead atoms. The number of amides is 1. The van der Waals surface area contributed by atoms with Gasteiger partial charge in [-0.25, -0.2) is 0 Å². The molecule has 3 nitrogen and oxygen atoms in total. The minimum atomic E-state index is -0.0550. The SMILES string of the molecule is CCNC(=O)C(C)NC1CCCC(CC)C1. The van der Waals surface area contributed by atoms with E-state index in [9.17, 15) is 4.79 Å². The molecule has 3 atom stereocenters. The van der Waals surface area contributed by atoms with Gasteiger partial charge in [-0.2, -0.15) is 0 Å². The summed E-state index contributed by atoms with van der Waals surface area (Å²) in [6.45, 7) is 6.90. The van der Waals surface area contributed by atoms with Crippen LogP contribution in [0.25, 0.3) is 0 Å². The predicted octanol–water partition coefficient (Wildman–Crippen LogP) is 2.07. The van der Waals surface area contributed by atoms with Crippen molar-refractivity contribution >= 4 is 5.91 Å². The maximum atomic E-state index is 11.6. The third-order valence-corrected chi connectivity index (χ3v) is 3.59. The molecule has 1 aliphatic carbocycles. The average molecular weight is 226 g/mol. The van der Waals surface area contributed by atoms with Crippen LogP contribution in [0.4, 0.5) is 0 Å². The van der Waals surface area contributed by atoms with Crippen LogP contribution < -0.4 is 10.6 Å². The van der Waals surface area contributed by atoms with E-state index in [0.29, 0.717) is 12.6 Å². The summed E-state index contributed by atoms with van der Waals surface area (Å²) in [5.74, 6) is 0.980. The van der Waals surface area contributed by atoms with Crippen molar-refractivity contribution < 1.29 is 4.79 Å². The number of carbonyl (C=O) groups excluding carboxylic acids is 1. The van der Waals surface area contributed by atoms with Crippen molar-refractivity contribution in [2.75, 3.05) is 6.54 Å². The fourth-order valence-electron chi connectivity index (χ4n) is 2.57. The van der Waals surface area contributed by atoms with Crippen LogP contribution in [0, 0.1) is 5.92 Å². The Morgan fingerprint density at radius 3 is 2.75 bits per heavy atom. The fourth-order valence-corrected chi connectivity index (χ4v) is 2.57. The van der Waals surface area contributed by atoms with Gasteiger partial charge in [-0.05, 0) is 32.6 Å². The van der Waals surface area contributed by atoms with Gasteiger partial charge in [0.05, 0.1) is 6.04 Å². The number of nitrogens with one attached hydrogen (secondary N) is 2. The number of carbonyl (C=O) groups is 1. The molecule has 3 unspecified atom stereocenters. The van der Waals surface area contributed by atoms with E-state index < -0.39 is 0 Å². The van der Waals surface area contributed by atoms with Gasteiger partial charge in [0.15, 0.2) is 0 Å². The Kier molecular flexibility index (Phi) is 5.81. The number of likely N-dealkylation sites (N-methyl/N-ethyl adjacent to an activating group) is 1. The van der Waals surface area contributed by atoms with Gasteiger partial charge in [0, 0.05) is 12.6 Å². The van der Waals surface area contributed by atoms with Crippen molar-refractivity contribution in [3.05, 3.63) is 0 Å². The number of hydrogen-bond donors (Lipinski definition) is 2. The minimum absolute atomic E-state index is 0.0550. The second-order valence-corrected chi connectivity index (χ2v) is 4.92. The summed E-state index contributed by atoms with van der Waals surface area (Å²) in [6.07, 6.45) is 6.40. The van der Waals surface area contributed by atoms with Crippen LogP contribution >= 0.6 is 0 Å². The maximum Gasteiger partial charge on any atom is 0.236 e. The molecule has 94 valence electrons. The van der Waals surface area contributed by atoms with E-state index in [2.05, 4.69) is 17.6 Å². The van der Waals surface area contributed by atoms with Crippen molar-refractivity contribution in [1.82, 2.24) is 10.6 Å². The maximum absolute atomic E-state index is 11.6. The lowest BCUT2D eigenvalue weighted by Crippen LogP contribution is -2.47. The second-order valence-electron chi connectivity index (χ2n) is 4.92. The molecule has 0 spiro atoms. The van der Waals surface area contributed by atoms with Gasteiger partial charge in [0.25, 0.3) is 0 Å². The molecule has 1 rings (SSSR count). The van der Waals surface area contributed by atoms with Gasteiger partial charge in [0.1, 0.15) is 0 Å². The molecule has 0 radical (unpaired) electrons. The highest BCUT2D eigenvalue weighted by atomic mass is 16.2. The summed E-state index contributed by atoms with van der Waals surface area (Å²) >= 11 is 0. The Morgan fingerprint density at radius 2 is 2.12 bits per heavy atom. The summed E-state index contributed by atoms with van der Waals surface area (Å²) in [5, 5.41) is 6.31. The Bertz CT molecular complexity index is 218. The van der Waals surface area contributed by atoms with Crippen LogP contribution in [0.15, 0.2) is 0 Å². The van der Waals surface area contributed by atoms with E-state index in [4.69, 9.17) is 0 Å². The van der Waals surface area contributed by atoms with Gasteiger partial charge in [-0.3, -0.25) is 4.79 Å². The first-order chi connectivity index (χ1) is 7.67. The topological polar surface area (TPSA) is 41.1 Å². The molecule has 3 heteroatoms. The predicted molar refractivity (Wildman–Crippen MR) is 67.3 cm³/mol. The van der Waals surface area contributed by atoms with Crippen molar-refractivity contribution in [3.63, 3.8) is 0 Å². The van der Waals surface area contributed by atoms with Crippen molar-refractivity contribution in [2.45, 2.75) is 65.0 Å². The number of rotatable bonds is 5. The molecular weight excluding hydrogens is 200 g/mol. The fraction of sp³-hybridized carbons (Fsp3) is 0.923. The van der Waals surface area contributed by atoms with E-state index in [0.717, 1.165) is 5.92 Å². The largest absolute Gasteiger partial charge is 0.355 e. The summed E-state index contributed by atoms with van der Waals surface area (Å²) in [5.41, 5.74) is 0. The first-order valence-corrected chi connectivity index (χ1v) is 6.71. The average Bonchev–Trinajstić information content (AvgIpc) is 2.29. The monoisotopic (exact) mass is 226 g/mol. The summed E-state index contributed by atoms with van der Waals surface area (Å²) in [7, 11) is 0. The van der Waals surface area contributed by atoms with Gasteiger partial charge in [0.2, 0.25) is 5.91 Å². The van der Waals surface area contributed by atoms with Crippen LogP contribution in [0.3, 0.4) is 0 Å². The Hall–Kier alpha value is -0.570. The van der Waals surface area contributed by atoms with Gasteiger partial charge >= 0.3 is 0 Å². The summed E-state index contributed by atoms with van der Waals surface area (Å²) in [4.78, 5) is 11.6. The van der Waals surface area contributed by atoms with Crippen molar-refractivity contribution in [3.8, 4) is 0 Å². The lowest BCUT2D eigenvalue weighted by Gasteiger charge is -2.31. The molecule has 0 aliphatic heterocycles. The number of hydrogen-bond acceptors (Lipinski definition) is 2. The van der Waals surface area contributed by atoms with Crippen molar-refractivity contribution in [2.24, 2.45) is 5.92 Å². The highest BCUT2D eigenvalue weighted by Gasteiger charge is 2.23. The molecule has 1 aliphatic rings. The first-order valence-electron chi connectivity index (χ1n) is 6.71. The lowest BCUT2D eigenvalue weighted by molar-refractivity contribution is -0.122.